The van der Waals surface area contributed by atoms with Gasteiger partial charge in [0.05, 0.1) is 36.1 Å². The molecule has 1 aliphatic rings. The highest BCUT2D eigenvalue weighted by Crippen LogP contribution is 2.21. The Kier molecular flexibility index (Phi) is 3.23. The van der Waals surface area contributed by atoms with Crippen LogP contribution in [0, 0.1) is 11.3 Å². The zero-order chi connectivity index (χ0) is 14.0. The van der Waals surface area contributed by atoms with Crippen molar-refractivity contribution in [3.05, 3.63) is 53.7 Å². The van der Waals surface area contributed by atoms with E-state index >= 15 is 0 Å². The Morgan fingerprint density at radius 1 is 1.20 bits per heavy atom. The molecule has 0 spiro atoms. The zero-order valence-electron chi connectivity index (χ0n) is 11.0. The fourth-order valence-electron chi connectivity index (χ4n) is 2.29. The maximum atomic E-state index is 8.78. The molecular formula is C16H15N3O. The minimum Gasteiger partial charge on any atom is -0.377 e. The Morgan fingerprint density at radius 3 is 2.45 bits per heavy atom. The van der Waals surface area contributed by atoms with Crippen LogP contribution in [0.2, 0.25) is 0 Å². The summed E-state index contributed by atoms with van der Waals surface area (Å²) < 4.78 is 5.15. The lowest BCUT2D eigenvalue weighted by molar-refractivity contribution is -0.0529. The molecule has 2 N–H and O–H groups in total. The van der Waals surface area contributed by atoms with Crippen molar-refractivity contribution in [2.45, 2.75) is 12.0 Å². The summed E-state index contributed by atoms with van der Waals surface area (Å²) in [5.74, 6) is 0. The Labute approximate surface area is 117 Å². The van der Waals surface area contributed by atoms with E-state index in [2.05, 4.69) is 11.1 Å². The third-order valence-electron chi connectivity index (χ3n) is 3.47. The molecule has 100 valence electrons. The number of nitriles is 1. The summed E-state index contributed by atoms with van der Waals surface area (Å²) in [6.07, 6.45) is 2.65. The Bertz CT molecular complexity index is 637. The third kappa shape index (κ3) is 2.55. The van der Waals surface area contributed by atoms with E-state index in [0.717, 1.165) is 23.2 Å². The van der Waals surface area contributed by atoms with Gasteiger partial charge in [-0.3, -0.25) is 4.98 Å². The molecule has 0 bridgehead atoms. The molecule has 4 nitrogen and oxygen atoms in total. The van der Waals surface area contributed by atoms with Gasteiger partial charge in [0.1, 0.15) is 0 Å². The van der Waals surface area contributed by atoms with Crippen LogP contribution in [-0.2, 0) is 11.2 Å². The van der Waals surface area contributed by atoms with Crippen LogP contribution < -0.4 is 5.73 Å². The van der Waals surface area contributed by atoms with Gasteiger partial charge in [-0.25, -0.2) is 0 Å². The van der Waals surface area contributed by atoms with Gasteiger partial charge in [-0.15, -0.1) is 0 Å². The molecule has 3 rings (SSSR count). The normalized spacial score (nSPS) is 16.2. The van der Waals surface area contributed by atoms with E-state index in [4.69, 9.17) is 15.7 Å². The van der Waals surface area contributed by atoms with E-state index in [1.807, 2.05) is 30.5 Å². The maximum Gasteiger partial charge on any atom is 0.0991 e. The maximum absolute atomic E-state index is 8.78. The van der Waals surface area contributed by atoms with Crippen molar-refractivity contribution in [3.8, 4) is 17.3 Å². The second-order valence-electron chi connectivity index (χ2n) is 5.27. The van der Waals surface area contributed by atoms with E-state index in [9.17, 15) is 0 Å². The average Bonchev–Trinajstić information content (AvgIpc) is 2.47. The van der Waals surface area contributed by atoms with Gasteiger partial charge in [0.25, 0.3) is 0 Å². The van der Waals surface area contributed by atoms with Crippen molar-refractivity contribution >= 4 is 0 Å². The number of nitrogens with zero attached hydrogens (tertiary/aromatic N) is 2. The lowest BCUT2D eigenvalue weighted by atomic mass is 9.91. The molecule has 0 atom stereocenters. The van der Waals surface area contributed by atoms with Crippen molar-refractivity contribution < 1.29 is 4.74 Å². The van der Waals surface area contributed by atoms with Gasteiger partial charge in [0.2, 0.25) is 0 Å². The molecule has 4 heteroatoms. The molecule has 1 fully saturated rings. The fourth-order valence-corrected chi connectivity index (χ4v) is 2.29. The predicted molar refractivity (Wildman–Crippen MR) is 75.8 cm³/mol. The van der Waals surface area contributed by atoms with E-state index in [1.165, 1.54) is 0 Å². The van der Waals surface area contributed by atoms with E-state index in [-0.39, 0.29) is 5.54 Å². The Morgan fingerprint density at radius 2 is 1.95 bits per heavy atom. The monoisotopic (exact) mass is 265 g/mol. The molecule has 0 unspecified atom stereocenters. The highest BCUT2D eigenvalue weighted by molar-refractivity contribution is 5.60. The first-order valence-electron chi connectivity index (χ1n) is 6.51. The van der Waals surface area contributed by atoms with Gasteiger partial charge in [0.15, 0.2) is 0 Å². The first-order chi connectivity index (χ1) is 9.68. The predicted octanol–water partition coefficient (Wildman–Crippen LogP) is 1.89. The minimum atomic E-state index is -0.225. The Hall–Kier alpha value is -2.22. The van der Waals surface area contributed by atoms with Crippen molar-refractivity contribution in [1.29, 1.82) is 5.26 Å². The summed E-state index contributed by atoms with van der Waals surface area (Å²) in [6.45, 7) is 1.23. The van der Waals surface area contributed by atoms with Gasteiger partial charge >= 0.3 is 0 Å². The van der Waals surface area contributed by atoms with Crippen molar-refractivity contribution in [3.63, 3.8) is 0 Å². The second-order valence-corrected chi connectivity index (χ2v) is 5.27. The van der Waals surface area contributed by atoms with Crippen LogP contribution in [0.5, 0.6) is 0 Å². The van der Waals surface area contributed by atoms with Crippen LogP contribution in [0.1, 0.15) is 11.1 Å². The molecule has 0 amide bonds. The molecule has 2 aromatic rings. The molecule has 1 aromatic heterocycles. The van der Waals surface area contributed by atoms with Crippen molar-refractivity contribution in [1.82, 2.24) is 4.98 Å². The van der Waals surface area contributed by atoms with Crippen molar-refractivity contribution in [2.24, 2.45) is 5.73 Å². The SMILES string of the molecule is N#Cc1ccc(-c2ccc(CC3(N)COC3)cn2)cc1. The van der Waals surface area contributed by atoms with Crippen LogP contribution in [0.3, 0.4) is 0 Å². The van der Waals surface area contributed by atoms with Crippen LogP contribution in [0.4, 0.5) is 0 Å². The standard InChI is InChI=1S/C16H15N3O/c17-8-12-1-4-14(5-2-12)15-6-3-13(9-19-15)7-16(18)10-20-11-16/h1-6,9H,7,10-11,18H2. The molecule has 1 aromatic carbocycles. The van der Waals surface area contributed by atoms with Crippen LogP contribution >= 0.6 is 0 Å². The zero-order valence-corrected chi connectivity index (χ0v) is 11.0. The summed E-state index contributed by atoms with van der Waals surface area (Å²) in [7, 11) is 0. The summed E-state index contributed by atoms with van der Waals surface area (Å²) in [6, 6.07) is 13.6. The average molecular weight is 265 g/mol. The van der Waals surface area contributed by atoms with Gasteiger partial charge in [-0.05, 0) is 30.2 Å². The number of hydrogen-bond acceptors (Lipinski definition) is 4. The van der Waals surface area contributed by atoms with E-state index in [0.29, 0.717) is 18.8 Å². The molecule has 1 aliphatic heterocycles. The lowest BCUT2D eigenvalue weighted by Gasteiger charge is -2.37. The topological polar surface area (TPSA) is 71.9 Å². The quantitative estimate of drug-likeness (QED) is 0.919. The number of benzene rings is 1. The fraction of sp³-hybridized carbons (Fsp3) is 0.250. The molecule has 0 aliphatic carbocycles. The number of nitrogens with two attached hydrogens (primary N) is 1. The van der Waals surface area contributed by atoms with Crippen LogP contribution in [0.15, 0.2) is 42.6 Å². The summed E-state index contributed by atoms with van der Waals surface area (Å²) >= 11 is 0. The number of rotatable bonds is 3. The largest absolute Gasteiger partial charge is 0.377 e. The first kappa shape index (κ1) is 12.8. The lowest BCUT2D eigenvalue weighted by Crippen LogP contribution is -2.58. The number of hydrogen-bond donors (Lipinski definition) is 1. The molecule has 1 saturated heterocycles. The summed E-state index contributed by atoms with van der Waals surface area (Å²) in [5.41, 5.74) is 9.58. The highest BCUT2D eigenvalue weighted by Gasteiger charge is 2.34. The van der Waals surface area contributed by atoms with Crippen LogP contribution in [-0.4, -0.2) is 23.7 Å². The minimum absolute atomic E-state index is 0.225. The summed E-state index contributed by atoms with van der Waals surface area (Å²) in [4.78, 5) is 4.47. The van der Waals surface area contributed by atoms with E-state index < -0.39 is 0 Å². The number of ether oxygens (including phenoxy) is 1. The van der Waals surface area contributed by atoms with Gasteiger partial charge < -0.3 is 10.5 Å². The molecule has 20 heavy (non-hydrogen) atoms. The number of pyridine rings is 1. The van der Waals surface area contributed by atoms with Gasteiger partial charge in [-0.2, -0.15) is 5.26 Å². The molecule has 2 heterocycles. The number of aromatic nitrogens is 1. The van der Waals surface area contributed by atoms with Gasteiger partial charge in [0, 0.05) is 11.8 Å². The van der Waals surface area contributed by atoms with Crippen molar-refractivity contribution in [2.75, 3.05) is 13.2 Å². The Balaban J connectivity index is 1.76. The second kappa shape index (κ2) is 5.04. The molecule has 0 saturated carbocycles. The van der Waals surface area contributed by atoms with E-state index in [1.54, 1.807) is 12.1 Å². The molecular weight excluding hydrogens is 250 g/mol. The van der Waals surface area contributed by atoms with Crippen LogP contribution in [0.25, 0.3) is 11.3 Å². The van der Waals surface area contributed by atoms with Gasteiger partial charge in [-0.1, -0.05) is 18.2 Å². The smallest absolute Gasteiger partial charge is 0.0991 e. The molecule has 0 radical (unpaired) electrons. The highest BCUT2D eigenvalue weighted by atomic mass is 16.5. The summed E-state index contributed by atoms with van der Waals surface area (Å²) in [5, 5.41) is 8.78. The first-order valence-corrected chi connectivity index (χ1v) is 6.51. The third-order valence-corrected chi connectivity index (χ3v) is 3.47.